The predicted octanol–water partition coefficient (Wildman–Crippen LogP) is 3.41. The number of fused-ring (bicyclic) bond motifs is 1. The second-order valence-electron chi connectivity index (χ2n) is 8.21. The number of ether oxygens (including phenoxy) is 2. The number of carbonyl (C=O) groups is 1. The molecule has 33 heavy (non-hydrogen) atoms. The average Bonchev–Trinajstić information content (AvgIpc) is 2.89. The molecule has 2 fully saturated rings. The second kappa shape index (κ2) is 9.62. The number of pyridine rings is 2. The predicted molar refractivity (Wildman–Crippen MR) is 129 cm³/mol. The highest BCUT2D eigenvalue weighted by atomic mass is 16.6. The van der Waals surface area contributed by atoms with Gasteiger partial charge in [0.2, 0.25) is 0 Å². The summed E-state index contributed by atoms with van der Waals surface area (Å²) >= 11 is 0. The number of nitrogens with zero attached hydrogens (tertiary/aromatic N) is 5. The van der Waals surface area contributed by atoms with Crippen molar-refractivity contribution >= 4 is 28.8 Å². The fourth-order valence-electron chi connectivity index (χ4n) is 4.39. The molecule has 2 aliphatic heterocycles. The minimum absolute atomic E-state index is 0.247. The van der Waals surface area contributed by atoms with Gasteiger partial charge in [-0.1, -0.05) is 30.3 Å². The Bertz CT molecular complexity index is 1110. The standard InChI is InChI=1S/C25H29N5O3/c1-2-33-25(31)30-12-10-29(11-13-30)24-21(19-6-4-3-5-7-19)18-20-8-9-22(26-23(20)27-24)28-14-16-32-17-15-28/h3-9,18H,2,10-17H2,1H3. The molecule has 0 aliphatic carbocycles. The first-order valence-electron chi connectivity index (χ1n) is 11.6. The van der Waals surface area contributed by atoms with Gasteiger partial charge in [0.05, 0.1) is 19.8 Å². The Morgan fingerprint density at radius 3 is 2.42 bits per heavy atom. The van der Waals surface area contributed by atoms with Crippen molar-refractivity contribution in [3.8, 4) is 11.1 Å². The molecule has 0 radical (unpaired) electrons. The van der Waals surface area contributed by atoms with E-state index in [-0.39, 0.29) is 6.09 Å². The van der Waals surface area contributed by atoms with Crippen LogP contribution in [0.5, 0.6) is 0 Å². The van der Waals surface area contributed by atoms with Gasteiger partial charge in [-0.15, -0.1) is 0 Å². The van der Waals surface area contributed by atoms with Gasteiger partial charge in [0.25, 0.3) is 0 Å². The summed E-state index contributed by atoms with van der Waals surface area (Å²) in [5.41, 5.74) is 2.93. The van der Waals surface area contributed by atoms with Crippen molar-refractivity contribution < 1.29 is 14.3 Å². The fraction of sp³-hybridized carbons (Fsp3) is 0.400. The SMILES string of the molecule is CCOC(=O)N1CCN(c2nc3nc(N4CCOCC4)ccc3cc2-c2ccccc2)CC1. The van der Waals surface area contributed by atoms with Crippen LogP contribution in [0.3, 0.4) is 0 Å². The summed E-state index contributed by atoms with van der Waals surface area (Å²) in [4.78, 5) is 28.4. The minimum Gasteiger partial charge on any atom is -0.450 e. The highest BCUT2D eigenvalue weighted by Crippen LogP contribution is 2.33. The lowest BCUT2D eigenvalue weighted by atomic mass is 10.0. The number of rotatable bonds is 4. The van der Waals surface area contributed by atoms with Crippen LogP contribution < -0.4 is 9.80 Å². The van der Waals surface area contributed by atoms with Crippen molar-refractivity contribution in [1.82, 2.24) is 14.9 Å². The van der Waals surface area contributed by atoms with Crippen LogP contribution in [0.25, 0.3) is 22.2 Å². The Hall–Kier alpha value is -3.39. The van der Waals surface area contributed by atoms with Crippen LogP contribution in [-0.4, -0.2) is 80.1 Å². The van der Waals surface area contributed by atoms with E-state index in [0.717, 1.165) is 60.1 Å². The summed E-state index contributed by atoms with van der Waals surface area (Å²) < 4.78 is 10.7. The molecule has 1 amide bonds. The zero-order valence-corrected chi connectivity index (χ0v) is 18.9. The average molecular weight is 448 g/mol. The van der Waals surface area contributed by atoms with E-state index in [1.165, 1.54) is 0 Å². The number of anilines is 2. The van der Waals surface area contributed by atoms with Crippen molar-refractivity contribution in [3.05, 3.63) is 48.5 Å². The first-order valence-corrected chi connectivity index (χ1v) is 11.6. The minimum atomic E-state index is -0.247. The van der Waals surface area contributed by atoms with Crippen molar-refractivity contribution in [2.75, 3.05) is 68.9 Å². The molecule has 8 nitrogen and oxygen atoms in total. The number of piperazine rings is 1. The third-order valence-corrected chi connectivity index (χ3v) is 6.17. The third kappa shape index (κ3) is 4.57. The number of benzene rings is 1. The van der Waals surface area contributed by atoms with E-state index < -0.39 is 0 Å². The summed E-state index contributed by atoms with van der Waals surface area (Å²) in [5, 5.41) is 1.01. The van der Waals surface area contributed by atoms with Crippen LogP contribution in [-0.2, 0) is 9.47 Å². The molecule has 5 rings (SSSR count). The van der Waals surface area contributed by atoms with Gasteiger partial charge in [-0.05, 0) is 30.7 Å². The van der Waals surface area contributed by atoms with Crippen molar-refractivity contribution in [1.29, 1.82) is 0 Å². The highest BCUT2D eigenvalue weighted by molar-refractivity contribution is 5.88. The molecule has 2 saturated heterocycles. The van der Waals surface area contributed by atoms with E-state index in [1.54, 1.807) is 4.90 Å². The van der Waals surface area contributed by atoms with E-state index in [1.807, 2.05) is 25.1 Å². The van der Waals surface area contributed by atoms with Gasteiger partial charge in [-0.25, -0.2) is 14.8 Å². The molecular formula is C25H29N5O3. The molecule has 0 saturated carbocycles. The molecule has 0 unspecified atom stereocenters. The Kier molecular flexibility index (Phi) is 6.26. The summed E-state index contributed by atoms with van der Waals surface area (Å²) in [6, 6.07) is 16.7. The first-order chi connectivity index (χ1) is 16.2. The molecule has 172 valence electrons. The molecule has 2 aromatic heterocycles. The number of hydrogen-bond donors (Lipinski definition) is 0. The van der Waals surface area contributed by atoms with Crippen molar-refractivity contribution in [2.45, 2.75) is 6.92 Å². The molecule has 0 atom stereocenters. The quantitative estimate of drug-likeness (QED) is 0.607. The van der Waals surface area contributed by atoms with Gasteiger partial charge < -0.3 is 24.2 Å². The number of carbonyl (C=O) groups excluding carboxylic acids is 1. The molecule has 2 aliphatic rings. The molecule has 3 aromatic rings. The zero-order chi connectivity index (χ0) is 22.6. The largest absolute Gasteiger partial charge is 0.450 e. The number of hydrogen-bond acceptors (Lipinski definition) is 7. The first kappa shape index (κ1) is 21.5. The monoisotopic (exact) mass is 447 g/mol. The summed E-state index contributed by atoms with van der Waals surface area (Å²) in [7, 11) is 0. The van der Waals surface area contributed by atoms with E-state index in [9.17, 15) is 4.79 Å². The maximum absolute atomic E-state index is 12.1. The fourth-order valence-corrected chi connectivity index (χ4v) is 4.39. The van der Waals surface area contributed by atoms with Gasteiger partial charge in [0.15, 0.2) is 5.65 Å². The van der Waals surface area contributed by atoms with E-state index in [0.29, 0.717) is 32.8 Å². The van der Waals surface area contributed by atoms with Gasteiger partial charge in [0, 0.05) is 50.2 Å². The second-order valence-corrected chi connectivity index (χ2v) is 8.21. The molecule has 0 spiro atoms. The molecule has 4 heterocycles. The maximum Gasteiger partial charge on any atom is 0.409 e. The highest BCUT2D eigenvalue weighted by Gasteiger charge is 2.25. The van der Waals surface area contributed by atoms with Crippen LogP contribution in [0.1, 0.15) is 6.92 Å². The molecule has 0 N–H and O–H groups in total. The lowest BCUT2D eigenvalue weighted by Crippen LogP contribution is -2.49. The summed E-state index contributed by atoms with van der Waals surface area (Å²) in [5.74, 6) is 1.84. The zero-order valence-electron chi connectivity index (χ0n) is 18.9. The Balaban J connectivity index is 1.49. The van der Waals surface area contributed by atoms with E-state index >= 15 is 0 Å². The van der Waals surface area contributed by atoms with Gasteiger partial charge >= 0.3 is 6.09 Å². The van der Waals surface area contributed by atoms with E-state index in [2.05, 4.69) is 40.1 Å². The van der Waals surface area contributed by atoms with Gasteiger partial charge in [0.1, 0.15) is 11.6 Å². The van der Waals surface area contributed by atoms with Crippen LogP contribution in [0.4, 0.5) is 16.4 Å². The van der Waals surface area contributed by atoms with Crippen molar-refractivity contribution in [3.63, 3.8) is 0 Å². The van der Waals surface area contributed by atoms with Gasteiger partial charge in [-0.3, -0.25) is 0 Å². The summed E-state index contributed by atoms with van der Waals surface area (Å²) in [6.07, 6.45) is -0.247. The third-order valence-electron chi connectivity index (χ3n) is 6.17. The lowest BCUT2D eigenvalue weighted by molar-refractivity contribution is 0.105. The van der Waals surface area contributed by atoms with Crippen LogP contribution in [0.15, 0.2) is 48.5 Å². The van der Waals surface area contributed by atoms with Crippen LogP contribution in [0, 0.1) is 0 Å². The van der Waals surface area contributed by atoms with Crippen LogP contribution >= 0.6 is 0 Å². The maximum atomic E-state index is 12.1. The number of amides is 1. The van der Waals surface area contributed by atoms with Crippen molar-refractivity contribution in [2.24, 2.45) is 0 Å². The molecule has 1 aromatic carbocycles. The molecule has 0 bridgehead atoms. The molecular weight excluding hydrogens is 418 g/mol. The number of aromatic nitrogens is 2. The van der Waals surface area contributed by atoms with Crippen LogP contribution in [0.2, 0.25) is 0 Å². The van der Waals surface area contributed by atoms with E-state index in [4.69, 9.17) is 19.4 Å². The normalized spacial score (nSPS) is 16.8. The Labute approximate surface area is 193 Å². The molecule has 8 heteroatoms. The Morgan fingerprint density at radius 1 is 0.939 bits per heavy atom. The lowest BCUT2D eigenvalue weighted by Gasteiger charge is -2.35. The topological polar surface area (TPSA) is 71.0 Å². The summed E-state index contributed by atoms with van der Waals surface area (Å²) in [6.45, 7) is 7.93. The van der Waals surface area contributed by atoms with Gasteiger partial charge in [-0.2, -0.15) is 0 Å². The Morgan fingerprint density at radius 2 is 1.70 bits per heavy atom. The smallest absolute Gasteiger partial charge is 0.409 e. The number of morpholine rings is 1.